The Morgan fingerprint density at radius 2 is 1.16 bits per heavy atom. The molecule has 0 fully saturated rings. The standard InChI is InChI=1S/C26H26N2O4/c1-32-26(31)23(18-20-13-7-3-8-14-20)28-25(30)22(17-19-11-5-2-6-12-19)27-24(29)21-15-9-4-10-16-21/h2-16,22-23H,17-18H2,1H3,(H,27,29)(H,28,30)/t22-,23+/m0/s1. The lowest BCUT2D eigenvalue weighted by molar-refractivity contribution is -0.145. The Hall–Kier alpha value is -3.93. The van der Waals surface area contributed by atoms with Gasteiger partial charge in [0.2, 0.25) is 5.91 Å². The first kappa shape index (κ1) is 22.7. The Labute approximate surface area is 187 Å². The van der Waals surface area contributed by atoms with Crippen LogP contribution in [-0.4, -0.2) is 37.0 Å². The van der Waals surface area contributed by atoms with Crippen LogP contribution in [0.15, 0.2) is 91.0 Å². The topological polar surface area (TPSA) is 84.5 Å². The predicted octanol–water partition coefficient (Wildman–Crippen LogP) is 2.93. The van der Waals surface area contributed by atoms with Gasteiger partial charge in [-0.15, -0.1) is 0 Å². The molecule has 0 radical (unpaired) electrons. The molecule has 6 nitrogen and oxygen atoms in total. The van der Waals surface area contributed by atoms with E-state index in [-0.39, 0.29) is 18.7 Å². The average Bonchev–Trinajstić information content (AvgIpc) is 2.84. The molecule has 0 heterocycles. The molecule has 0 bridgehead atoms. The Morgan fingerprint density at radius 3 is 1.66 bits per heavy atom. The lowest BCUT2D eigenvalue weighted by Crippen LogP contribution is -2.53. The number of ether oxygens (including phenoxy) is 1. The van der Waals surface area contributed by atoms with Crippen molar-refractivity contribution in [1.29, 1.82) is 0 Å². The molecule has 0 aromatic heterocycles. The molecule has 0 aliphatic carbocycles. The van der Waals surface area contributed by atoms with E-state index in [4.69, 9.17) is 4.74 Å². The van der Waals surface area contributed by atoms with Gasteiger partial charge in [-0.2, -0.15) is 0 Å². The number of carbonyl (C=O) groups is 3. The van der Waals surface area contributed by atoms with Crippen molar-refractivity contribution in [2.45, 2.75) is 24.9 Å². The number of nitrogens with one attached hydrogen (secondary N) is 2. The van der Waals surface area contributed by atoms with Crippen molar-refractivity contribution < 1.29 is 19.1 Å². The molecular weight excluding hydrogens is 404 g/mol. The Kier molecular flexibility index (Phi) is 8.15. The van der Waals surface area contributed by atoms with Crippen molar-refractivity contribution in [1.82, 2.24) is 10.6 Å². The lowest BCUT2D eigenvalue weighted by atomic mass is 10.0. The summed E-state index contributed by atoms with van der Waals surface area (Å²) in [6.45, 7) is 0. The molecule has 0 saturated heterocycles. The van der Waals surface area contributed by atoms with Gasteiger partial charge in [0.05, 0.1) is 7.11 Å². The first-order chi connectivity index (χ1) is 15.6. The van der Waals surface area contributed by atoms with Gasteiger partial charge in [-0.25, -0.2) is 4.79 Å². The summed E-state index contributed by atoms with van der Waals surface area (Å²) in [6, 6.07) is 25.7. The smallest absolute Gasteiger partial charge is 0.328 e. The third-order valence-corrected chi connectivity index (χ3v) is 5.03. The van der Waals surface area contributed by atoms with Crippen LogP contribution in [0.2, 0.25) is 0 Å². The van der Waals surface area contributed by atoms with E-state index in [1.165, 1.54) is 7.11 Å². The molecule has 6 heteroatoms. The normalized spacial score (nSPS) is 12.3. The number of esters is 1. The summed E-state index contributed by atoms with van der Waals surface area (Å²) < 4.78 is 4.89. The summed E-state index contributed by atoms with van der Waals surface area (Å²) in [5.74, 6) is -1.36. The zero-order chi connectivity index (χ0) is 22.8. The van der Waals surface area contributed by atoms with Crippen LogP contribution in [0.25, 0.3) is 0 Å². The molecule has 3 rings (SSSR count). The van der Waals surface area contributed by atoms with Crippen LogP contribution in [0.3, 0.4) is 0 Å². The second-order valence-electron chi connectivity index (χ2n) is 7.36. The highest BCUT2D eigenvalue weighted by Gasteiger charge is 2.28. The monoisotopic (exact) mass is 430 g/mol. The van der Waals surface area contributed by atoms with Crippen molar-refractivity contribution in [2.24, 2.45) is 0 Å². The predicted molar refractivity (Wildman–Crippen MR) is 122 cm³/mol. The van der Waals surface area contributed by atoms with Gasteiger partial charge in [-0.1, -0.05) is 78.9 Å². The van der Waals surface area contributed by atoms with Crippen molar-refractivity contribution in [3.8, 4) is 0 Å². The van der Waals surface area contributed by atoms with E-state index in [1.807, 2.05) is 66.7 Å². The molecule has 3 aromatic carbocycles. The van der Waals surface area contributed by atoms with Gasteiger partial charge in [0, 0.05) is 18.4 Å². The minimum absolute atomic E-state index is 0.282. The molecule has 0 saturated carbocycles. The van der Waals surface area contributed by atoms with Gasteiger partial charge in [0.15, 0.2) is 0 Å². The number of hydrogen-bond acceptors (Lipinski definition) is 4. The zero-order valence-electron chi connectivity index (χ0n) is 17.9. The van der Waals surface area contributed by atoms with Crippen molar-refractivity contribution in [2.75, 3.05) is 7.11 Å². The number of amides is 2. The van der Waals surface area contributed by atoms with Crippen LogP contribution >= 0.6 is 0 Å². The van der Waals surface area contributed by atoms with E-state index in [2.05, 4.69) is 10.6 Å². The van der Waals surface area contributed by atoms with Gasteiger partial charge in [0.1, 0.15) is 12.1 Å². The highest BCUT2D eigenvalue weighted by atomic mass is 16.5. The quantitative estimate of drug-likeness (QED) is 0.511. The minimum Gasteiger partial charge on any atom is -0.467 e. The first-order valence-electron chi connectivity index (χ1n) is 10.4. The molecule has 0 spiro atoms. The highest BCUT2D eigenvalue weighted by molar-refractivity contribution is 5.98. The summed E-state index contributed by atoms with van der Waals surface area (Å²) in [4.78, 5) is 38.3. The van der Waals surface area contributed by atoms with Gasteiger partial charge >= 0.3 is 5.97 Å². The first-order valence-corrected chi connectivity index (χ1v) is 10.4. The van der Waals surface area contributed by atoms with Gasteiger partial charge in [-0.05, 0) is 23.3 Å². The Bertz CT molecular complexity index is 1020. The molecule has 2 amide bonds. The number of methoxy groups -OCH3 is 1. The van der Waals surface area contributed by atoms with Crippen LogP contribution in [0.4, 0.5) is 0 Å². The maximum absolute atomic E-state index is 13.2. The fourth-order valence-electron chi connectivity index (χ4n) is 3.35. The van der Waals surface area contributed by atoms with E-state index < -0.39 is 24.0 Å². The summed E-state index contributed by atoms with van der Waals surface area (Å²) in [5.41, 5.74) is 2.22. The maximum Gasteiger partial charge on any atom is 0.328 e. The maximum atomic E-state index is 13.2. The van der Waals surface area contributed by atoms with Crippen molar-refractivity contribution in [3.05, 3.63) is 108 Å². The van der Waals surface area contributed by atoms with Gasteiger partial charge in [0.25, 0.3) is 5.91 Å². The largest absolute Gasteiger partial charge is 0.467 e. The number of hydrogen-bond donors (Lipinski definition) is 2. The van der Waals surface area contributed by atoms with E-state index >= 15 is 0 Å². The summed E-state index contributed by atoms with van der Waals surface area (Å²) in [5, 5.41) is 5.57. The molecule has 164 valence electrons. The fourth-order valence-corrected chi connectivity index (χ4v) is 3.35. The molecule has 0 aliphatic rings. The van der Waals surface area contributed by atoms with Crippen molar-refractivity contribution in [3.63, 3.8) is 0 Å². The molecule has 0 aliphatic heterocycles. The fraction of sp³-hybridized carbons (Fsp3) is 0.192. The summed E-state index contributed by atoms with van der Waals surface area (Å²) in [6.07, 6.45) is 0.564. The third kappa shape index (κ3) is 6.54. The molecule has 3 aromatic rings. The number of benzene rings is 3. The Balaban J connectivity index is 1.78. The zero-order valence-corrected chi connectivity index (χ0v) is 17.9. The van der Waals surface area contributed by atoms with E-state index in [0.29, 0.717) is 5.56 Å². The number of rotatable bonds is 9. The Morgan fingerprint density at radius 1 is 0.688 bits per heavy atom. The van der Waals surface area contributed by atoms with E-state index in [0.717, 1.165) is 11.1 Å². The second kappa shape index (κ2) is 11.5. The third-order valence-electron chi connectivity index (χ3n) is 5.03. The van der Waals surface area contributed by atoms with Crippen LogP contribution < -0.4 is 10.6 Å². The van der Waals surface area contributed by atoms with E-state index in [1.54, 1.807) is 24.3 Å². The highest BCUT2D eigenvalue weighted by Crippen LogP contribution is 2.09. The molecule has 2 atom stereocenters. The van der Waals surface area contributed by atoms with Crippen LogP contribution in [-0.2, 0) is 27.2 Å². The molecule has 0 unspecified atom stereocenters. The van der Waals surface area contributed by atoms with Crippen LogP contribution in [0.5, 0.6) is 0 Å². The van der Waals surface area contributed by atoms with Gasteiger partial charge < -0.3 is 15.4 Å². The average molecular weight is 431 g/mol. The minimum atomic E-state index is -0.873. The molecular formula is C26H26N2O4. The van der Waals surface area contributed by atoms with Crippen LogP contribution in [0, 0.1) is 0 Å². The lowest BCUT2D eigenvalue weighted by Gasteiger charge is -2.22. The van der Waals surface area contributed by atoms with Crippen molar-refractivity contribution >= 4 is 17.8 Å². The second-order valence-corrected chi connectivity index (χ2v) is 7.36. The van der Waals surface area contributed by atoms with Crippen LogP contribution in [0.1, 0.15) is 21.5 Å². The molecule has 2 N–H and O–H groups in total. The SMILES string of the molecule is COC(=O)[C@@H](Cc1ccccc1)NC(=O)[C@H](Cc1ccccc1)NC(=O)c1ccccc1. The summed E-state index contributed by atoms with van der Waals surface area (Å²) in [7, 11) is 1.28. The van der Waals surface area contributed by atoms with E-state index in [9.17, 15) is 14.4 Å². The number of carbonyl (C=O) groups excluding carboxylic acids is 3. The van der Waals surface area contributed by atoms with Gasteiger partial charge in [-0.3, -0.25) is 9.59 Å². The molecule has 32 heavy (non-hydrogen) atoms. The summed E-state index contributed by atoms with van der Waals surface area (Å²) >= 11 is 0.